The van der Waals surface area contributed by atoms with Gasteiger partial charge in [-0.3, -0.25) is 9.52 Å². The smallest absolute Gasteiger partial charge is 0.271 e. The molecule has 7 nitrogen and oxygen atoms in total. The molecule has 0 aliphatic carbocycles. The second kappa shape index (κ2) is 10.6. The number of hydrazone groups is 1. The van der Waals surface area contributed by atoms with Gasteiger partial charge in [-0.1, -0.05) is 36.4 Å². The molecule has 0 bridgehead atoms. The van der Waals surface area contributed by atoms with Crippen LogP contribution in [0.5, 0.6) is 5.75 Å². The van der Waals surface area contributed by atoms with Crippen LogP contribution in [0, 0.1) is 0 Å². The number of halogens is 1. The van der Waals surface area contributed by atoms with Crippen molar-refractivity contribution in [1.29, 1.82) is 0 Å². The highest BCUT2D eigenvalue weighted by molar-refractivity contribution is 7.92. The normalized spacial score (nSPS) is 11.2. The summed E-state index contributed by atoms with van der Waals surface area (Å²) in [5, 5.41) is 4.39. The average Bonchev–Trinajstić information content (AvgIpc) is 2.78. The summed E-state index contributed by atoms with van der Waals surface area (Å²) in [6.07, 6.45) is 3.14. The predicted molar refractivity (Wildman–Crippen MR) is 126 cm³/mol. The summed E-state index contributed by atoms with van der Waals surface area (Å²) in [6, 6.07) is 19.0. The van der Waals surface area contributed by atoms with Crippen LogP contribution in [0.25, 0.3) is 0 Å². The third kappa shape index (κ3) is 6.44. The van der Waals surface area contributed by atoms with Crippen molar-refractivity contribution in [3.8, 4) is 5.75 Å². The molecule has 0 fully saturated rings. The summed E-state index contributed by atoms with van der Waals surface area (Å²) in [6.45, 7) is 3.99. The molecule has 0 saturated carbocycles. The highest BCUT2D eigenvalue weighted by Crippen LogP contribution is 2.19. The molecule has 3 rings (SSSR count). The zero-order valence-corrected chi connectivity index (χ0v) is 18.4. The van der Waals surface area contributed by atoms with Crippen molar-refractivity contribution in [2.75, 3.05) is 11.3 Å². The fraction of sp³-hybridized carbons (Fsp3) is 0.0435. The molecule has 0 spiro atoms. The number of carbonyl (C=O) groups is 1. The number of benzene rings is 3. The molecule has 0 atom stereocenters. The number of hydrogen-bond acceptors (Lipinski definition) is 5. The SMILES string of the molecule is C=CCOc1cccc(/C=N/NC(=O)c2ccc(NS(=O)(=O)c3ccc(Cl)cc3)cc2)c1. The first-order chi connectivity index (χ1) is 15.4. The number of amides is 1. The van der Waals surface area contributed by atoms with Crippen LogP contribution < -0.4 is 14.9 Å². The van der Waals surface area contributed by atoms with Crippen LogP contribution in [-0.2, 0) is 10.0 Å². The number of nitrogens with zero attached hydrogens (tertiary/aromatic N) is 1. The van der Waals surface area contributed by atoms with Crippen LogP contribution in [0.2, 0.25) is 5.02 Å². The summed E-state index contributed by atoms with van der Waals surface area (Å²) in [4.78, 5) is 12.4. The van der Waals surface area contributed by atoms with Crippen molar-refractivity contribution in [3.05, 3.63) is 102 Å². The fourth-order valence-corrected chi connectivity index (χ4v) is 3.77. The standard InChI is InChI=1S/C23H20ClN3O4S/c1-2-14-31-21-5-3-4-17(15-21)16-25-26-23(28)18-6-10-20(11-7-18)27-32(29,30)22-12-8-19(24)9-13-22/h2-13,15-16,27H,1,14H2,(H,26,28)/b25-16+. The van der Waals surface area contributed by atoms with E-state index in [0.717, 1.165) is 5.56 Å². The molecule has 2 N–H and O–H groups in total. The summed E-state index contributed by atoms with van der Waals surface area (Å²) in [5.74, 6) is 0.226. The second-order valence-electron chi connectivity index (χ2n) is 6.51. The third-order valence-corrected chi connectivity index (χ3v) is 5.78. The number of carbonyl (C=O) groups excluding carboxylic acids is 1. The third-order valence-electron chi connectivity index (χ3n) is 4.13. The van der Waals surface area contributed by atoms with Gasteiger partial charge in [0.2, 0.25) is 0 Å². The van der Waals surface area contributed by atoms with Crippen molar-refractivity contribution in [2.45, 2.75) is 4.90 Å². The largest absolute Gasteiger partial charge is 0.490 e. The van der Waals surface area contributed by atoms with E-state index in [1.54, 1.807) is 12.1 Å². The van der Waals surface area contributed by atoms with Gasteiger partial charge in [-0.05, 0) is 66.2 Å². The van der Waals surface area contributed by atoms with Gasteiger partial charge in [-0.15, -0.1) is 0 Å². The maximum absolute atomic E-state index is 12.4. The molecule has 3 aromatic carbocycles. The Morgan fingerprint density at radius 2 is 1.78 bits per heavy atom. The van der Waals surface area contributed by atoms with Crippen molar-refractivity contribution in [1.82, 2.24) is 5.43 Å². The maximum Gasteiger partial charge on any atom is 0.271 e. The fourth-order valence-electron chi connectivity index (χ4n) is 2.59. The lowest BCUT2D eigenvalue weighted by molar-refractivity contribution is 0.0955. The molecule has 0 aromatic heterocycles. The van der Waals surface area contributed by atoms with Gasteiger partial charge in [0.05, 0.1) is 11.1 Å². The van der Waals surface area contributed by atoms with E-state index in [2.05, 4.69) is 21.8 Å². The summed E-state index contributed by atoms with van der Waals surface area (Å²) >= 11 is 5.79. The van der Waals surface area contributed by atoms with E-state index in [9.17, 15) is 13.2 Å². The van der Waals surface area contributed by atoms with Crippen LogP contribution in [0.4, 0.5) is 5.69 Å². The Kier molecular flexibility index (Phi) is 7.64. The highest BCUT2D eigenvalue weighted by Gasteiger charge is 2.14. The second-order valence-corrected chi connectivity index (χ2v) is 8.63. The molecular formula is C23H20ClN3O4S. The summed E-state index contributed by atoms with van der Waals surface area (Å²) < 4.78 is 32.8. The Balaban J connectivity index is 1.60. The minimum Gasteiger partial charge on any atom is -0.490 e. The zero-order valence-electron chi connectivity index (χ0n) is 16.9. The minimum atomic E-state index is -3.77. The van der Waals surface area contributed by atoms with Crippen molar-refractivity contribution in [3.63, 3.8) is 0 Å². The molecule has 0 heterocycles. The van der Waals surface area contributed by atoms with Gasteiger partial charge in [0.1, 0.15) is 12.4 Å². The Morgan fingerprint density at radius 1 is 1.06 bits per heavy atom. The quantitative estimate of drug-likeness (QED) is 0.274. The Morgan fingerprint density at radius 3 is 2.47 bits per heavy atom. The molecule has 32 heavy (non-hydrogen) atoms. The monoisotopic (exact) mass is 469 g/mol. The molecule has 0 saturated heterocycles. The van der Waals surface area contributed by atoms with Crippen molar-refractivity contribution < 1.29 is 17.9 Å². The number of sulfonamides is 1. The van der Waals surface area contributed by atoms with E-state index in [-0.39, 0.29) is 4.90 Å². The number of hydrogen-bond donors (Lipinski definition) is 2. The summed E-state index contributed by atoms with van der Waals surface area (Å²) in [5.41, 5.74) is 3.82. The number of anilines is 1. The van der Waals surface area contributed by atoms with Crippen LogP contribution >= 0.6 is 11.6 Å². The topological polar surface area (TPSA) is 96.9 Å². The Bertz CT molecular complexity index is 1220. The van der Waals surface area contributed by atoms with E-state index in [1.807, 2.05) is 18.2 Å². The van der Waals surface area contributed by atoms with E-state index < -0.39 is 15.9 Å². The van der Waals surface area contributed by atoms with E-state index in [1.165, 1.54) is 54.7 Å². The zero-order chi connectivity index (χ0) is 23.0. The molecule has 0 aliphatic heterocycles. The van der Waals surface area contributed by atoms with Gasteiger partial charge < -0.3 is 4.74 Å². The molecule has 3 aromatic rings. The average molecular weight is 470 g/mol. The van der Waals surface area contributed by atoms with Gasteiger partial charge >= 0.3 is 0 Å². The molecule has 9 heteroatoms. The molecule has 0 radical (unpaired) electrons. The van der Waals surface area contributed by atoms with Crippen LogP contribution in [0.1, 0.15) is 15.9 Å². The Labute approximate surface area is 191 Å². The van der Waals surface area contributed by atoms with Gasteiger partial charge in [0, 0.05) is 16.3 Å². The number of rotatable bonds is 9. The van der Waals surface area contributed by atoms with Crippen LogP contribution in [0.3, 0.4) is 0 Å². The molecule has 0 aliphatic rings. The predicted octanol–water partition coefficient (Wildman–Crippen LogP) is 4.47. The Hall–Kier alpha value is -3.62. The lowest BCUT2D eigenvalue weighted by Gasteiger charge is -2.09. The van der Waals surface area contributed by atoms with E-state index >= 15 is 0 Å². The first kappa shape index (κ1) is 23.1. The van der Waals surface area contributed by atoms with E-state index in [4.69, 9.17) is 16.3 Å². The van der Waals surface area contributed by atoms with Crippen molar-refractivity contribution in [2.24, 2.45) is 5.10 Å². The minimum absolute atomic E-state index is 0.0806. The maximum atomic E-state index is 12.4. The first-order valence-electron chi connectivity index (χ1n) is 9.43. The lowest BCUT2D eigenvalue weighted by Crippen LogP contribution is -2.18. The van der Waals surface area contributed by atoms with Gasteiger partial charge in [-0.2, -0.15) is 5.10 Å². The summed E-state index contributed by atoms with van der Waals surface area (Å²) in [7, 11) is -3.77. The van der Waals surface area contributed by atoms with Gasteiger partial charge in [-0.25, -0.2) is 13.8 Å². The number of nitrogens with one attached hydrogen (secondary N) is 2. The van der Waals surface area contributed by atoms with E-state index in [0.29, 0.717) is 28.6 Å². The molecule has 1 amide bonds. The van der Waals surface area contributed by atoms with Crippen molar-refractivity contribution >= 4 is 39.4 Å². The molecule has 164 valence electrons. The number of ether oxygens (including phenoxy) is 1. The first-order valence-corrected chi connectivity index (χ1v) is 11.3. The van der Waals surface area contributed by atoms with Crippen LogP contribution in [-0.4, -0.2) is 27.1 Å². The molecule has 0 unspecified atom stereocenters. The van der Waals surface area contributed by atoms with Crippen LogP contribution in [0.15, 0.2) is 95.4 Å². The highest BCUT2D eigenvalue weighted by atomic mass is 35.5. The van der Waals surface area contributed by atoms with Gasteiger partial charge in [0.25, 0.3) is 15.9 Å². The lowest BCUT2D eigenvalue weighted by atomic mass is 10.2. The van der Waals surface area contributed by atoms with Gasteiger partial charge in [0.15, 0.2) is 0 Å². The molecular weight excluding hydrogens is 450 g/mol.